The lowest BCUT2D eigenvalue weighted by Gasteiger charge is -2.21. The molecule has 2 rings (SSSR count). The van der Waals surface area contributed by atoms with Crippen molar-refractivity contribution in [2.45, 2.75) is 26.3 Å². The van der Waals surface area contributed by atoms with Crippen molar-refractivity contribution in [2.75, 3.05) is 5.43 Å². The molecule has 1 unspecified atom stereocenters. The highest BCUT2D eigenvalue weighted by Crippen LogP contribution is 2.24. The van der Waals surface area contributed by atoms with E-state index in [4.69, 9.17) is 34.8 Å². The lowest BCUT2D eigenvalue weighted by atomic mass is 10.0. The molecule has 3 N–H and O–H groups in total. The van der Waals surface area contributed by atoms with Crippen LogP contribution in [-0.4, -0.2) is 17.9 Å². The van der Waals surface area contributed by atoms with Crippen LogP contribution in [0.4, 0.5) is 5.69 Å². The Kier molecular flexibility index (Phi) is 7.78. The second-order valence-electron chi connectivity index (χ2n) is 6.40. The third-order valence-corrected chi connectivity index (χ3v) is 4.49. The molecule has 0 aliphatic carbocycles. The van der Waals surface area contributed by atoms with E-state index in [1.54, 1.807) is 42.5 Å². The van der Waals surface area contributed by atoms with Gasteiger partial charge in [-0.3, -0.25) is 20.4 Å². The van der Waals surface area contributed by atoms with E-state index < -0.39 is 6.04 Å². The van der Waals surface area contributed by atoms with Gasteiger partial charge in [0, 0.05) is 15.6 Å². The molecule has 27 heavy (non-hydrogen) atoms. The number of hydrogen-bond donors (Lipinski definition) is 3. The maximum Gasteiger partial charge on any atom is 0.260 e. The summed E-state index contributed by atoms with van der Waals surface area (Å²) in [4.78, 5) is 25.0. The largest absolute Gasteiger partial charge is 0.340 e. The number of anilines is 1. The minimum atomic E-state index is -0.716. The van der Waals surface area contributed by atoms with Gasteiger partial charge in [0.25, 0.3) is 11.8 Å². The van der Waals surface area contributed by atoms with Crippen LogP contribution in [0.5, 0.6) is 0 Å². The average Bonchev–Trinajstić information content (AvgIpc) is 2.60. The summed E-state index contributed by atoms with van der Waals surface area (Å²) in [6.07, 6.45) is 0.473. The molecule has 0 radical (unpaired) electrons. The average molecular weight is 429 g/mol. The van der Waals surface area contributed by atoms with Crippen LogP contribution in [0.3, 0.4) is 0 Å². The van der Waals surface area contributed by atoms with Crippen molar-refractivity contribution in [2.24, 2.45) is 5.92 Å². The Balaban J connectivity index is 2.04. The molecule has 8 heteroatoms. The standard InChI is InChI=1S/C19H20Cl3N3O2/c1-11(2)9-17(23-18(26)12-3-5-13(20)6-4-12)19(27)25-24-16-8-7-14(21)10-15(16)22/h3-8,10-11,17,24H,9H2,1-2H3,(H,23,26)(H,25,27). The van der Waals surface area contributed by atoms with Crippen LogP contribution in [0, 0.1) is 5.92 Å². The number of halogens is 3. The second-order valence-corrected chi connectivity index (χ2v) is 7.68. The Bertz CT molecular complexity index is 810. The predicted molar refractivity (Wildman–Crippen MR) is 110 cm³/mol. The molecular weight excluding hydrogens is 409 g/mol. The molecule has 0 saturated heterocycles. The van der Waals surface area contributed by atoms with E-state index in [-0.39, 0.29) is 17.7 Å². The van der Waals surface area contributed by atoms with Crippen molar-refractivity contribution >= 4 is 52.3 Å². The van der Waals surface area contributed by atoms with Crippen LogP contribution in [0.1, 0.15) is 30.6 Å². The van der Waals surface area contributed by atoms with Crippen LogP contribution in [0.25, 0.3) is 0 Å². The molecule has 1 atom stereocenters. The summed E-state index contributed by atoms with van der Waals surface area (Å²) in [6, 6.07) is 10.6. The number of carbonyl (C=O) groups is 2. The van der Waals surface area contributed by atoms with E-state index in [0.29, 0.717) is 32.7 Å². The van der Waals surface area contributed by atoms with Crippen molar-refractivity contribution < 1.29 is 9.59 Å². The summed E-state index contributed by atoms with van der Waals surface area (Å²) in [5.41, 5.74) is 6.26. The maximum atomic E-state index is 12.6. The number of hydrazine groups is 1. The molecule has 2 aromatic carbocycles. The fraction of sp³-hybridized carbons (Fsp3) is 0.263. The summed E-state index contributed by atoms with van der Waals surface area (Å²) in [7, 11) is 0. The smallest absolute Gasteiger partial charge is 0.260 e. The van der Waals surface area contributed by atoms with Gasteiger partial charge in [-0.05, 0) is 54.8 Å². The lowest BCUT2D eigenvalue weighted by Crippen LogP contribution is -2.49. The van der Waals surface area contributed by atoms with Gasteiger partial charge >= 0.3 is 0 Å². The van der Waals surface area contributed by atoms with Crippen molar-refractivity contribution in [3.8, 4) is 0 Å². The highest BCUT2D eigenvalue weighted by atomic mass is 35.5. The van der Waals surface area contributed by atoms with Gasteiger partial charge in [0.05, 0.1) is 10.7 Å². The Hall–Kier alpha value is -1.95. The molecule has 144 valence electrons. The van der Waals surface area contributed by atoms with E-state index in [1.165, 1.54) is 0 Å². The van der Waals surface area contributed by atoms with Gasteiger partial charge in [0.1, 0.15) is 6.04 Å². The van der Waals surface area contributed by atoms with Crippen LogP contribution in [0.15, 0.2) is 42.5 Å². The molecular formula is C19H20Cl3N3O2. The molecule has 0 heterocycles. The molecule has 5 nitrogen and oxygen atoms in total. The Labute approximate surface area is 173 Å². The van der Waals surface area contributed by atoms with Gasteiger partial charge in [-0.2, -0.15) is 0 Å². The zero-order valence-electron chi connectivity index (χ0n) is 14.9. The molecule has 0 saturated carbocycles. The normalized spacial score (nSPS) is 11.8. The molecule has 0 aliphatic rings. The van der Waals surface area contributed by atoms with Gasteiger partial charge in [-0.15, -0.1) is 0 Å². The quantitative estimate of drug-likeness (QED) is 0.547. The first kappa shape index (κ1) is 21.4. The molecule has 0 spiro atoms. The third kappa shape index (κ3) is 6.61. The van der Waals surface area contributed by atoms with Crippen molar-refractivity contribution in [3.63, 3.8) is 0 Å². The predicted octanol–water partition coefficient (Wildman–Crippen LogP) is 4.93. The summed E-state index contributed by atoms with van der Waals surface area (Å²) in [6.45, 7) is 3.94. The van der Waals surface area contributed by atoms with E-state index in [1.807, 2.05) is 13.8 Å². The van der Waals surface area contributed by atoms with Crippen LogP contribution < -0.4 is 16.2 Å². The van der Waals surface area contributed by atoms with Crippen LogP contribution >= 0.6 is 34.8 Å². The number of amides is 2. The number of benzene rings is 2. The summed E-state index contributed by atoms with van der Waals surface area (Å²) >= 11 is 17.8. The van der Waals surface area contributed by atoms with Gasteiger partial charge in [0.2, 0.25) is 0 Å². The molecule has 2 amide bonds. The molecule has 0 aromatic heterocycles. The lowest BCUT2D eigenvalue weighted by molar-refractivity contribution is -0.122. The second kappa shape index (κ2) is 9.83. The molecule has 0 aliphatic heterocycles. The minimum Gasteiger partial charge on any atom is -0.340 e. The van der Waals surface area contributed by atoms with Crippen LogP contribution in [0.2, 0.25) is 15.1 Å². The van der Waals surface area contributed by atoms with Crippen molar-refractivity contribution in [1.82, 2.24) is 10.7 Å². The summed E-state index contributed by atoms with van der Waals surface area (Å²) < 4.78 is 0. The van der Waals surface area contributed by atoms with Gasteiger partial charge in [0.15, 0.2) is 0 Å². The maximum absolute atomic E-state index is 12.6. The zero-order chi connectivity index (χ0) is 20.0. The SMILES string of the molecule is CC(C)CC(NC(=O)c1ccc(Cl)cc1)C(=O)NNc1ccc(Cl)cc1Cl. The van der Waals surface area contributed by atoms with Gasteiger partial charge in [-0.25, -0.2) is 0 Å². The monoisotopic (exact) mass is 427 g/mol. The summed E-state index contributed by atoms with van der Waals surface area (Å²) in [5, 5.41) is 4.15. The van der Waals surface area contributed by atoms with Gasteiger partial charge in [-0.1, -0.05) is 48.7 Å². The Morgan fingerprint density at radius 1 is 0.963 bits per heavy atom. The topological polar surface area (TPSA) is 70.2 Å². The fourth-order valence-corrected chi connectivity index (χ4v) is 2.93. The van der Waals surface area contributed by atoms with E-state index in [0.717, 1.165) is 0 Å². The van der Waals surface area contributed by atoms with E-state index in [2.05, 4.69) is 16.2 Å². The molecule has 0 fully saturated rings. The first-order chi connectivity index (χ1) is 12.8. The number of hydrogen-bond acceptors (Lipinski definition) is 3. The zero-order valence-corrected chi connectivity index (χ0v) is 17.1. The summed E-state index contributed by atoms with van der Waals surface area (Å²) in [5.74, 6) is -0.528. The van der Waals surface area contributed by atoms with Crippen molar-refractivity contribution in [3.05, 3.63) is 63.1 Å². The molecule has 2 aromatic rings. The van der Waals surface area contributed by atoms with Gasteiger partial charge < -0.3 is 5.32 Å². The van der Waals surface area contributed by atoms with Crippen molar-refractivity contribution in [1.29, 1.82) is 0 Å². The van der Waals surface area contributed by atoms with E-state index >= 15 is 0 Å². The fourth-order valence-electron chi connectivity index (χ4n) is 2.35. The minimum absolute atomic E-state index is 0.199. The number of nitrogens with one attached hydrogen (secondary N) is 3. The Morgan fingerprint density at radius 3 is 2.19 bits per heavy atom. The highest BCUT2D eigenvalue weighted by Gasteiger charge is 2.22. The highest BCUT2D eigenvalue weighted by molar-refractivity contribution is 6.36. The number of rotatable bonds is 7. The number of carbonyl (C=O) groups excluding carboxylic acids is 2. The first-order valence-electron chi connectivity index (χ1n) is 8.33. The van der Waals surface area contributed by atoms with E-state index in [9.17, 15) is 9.59 Å². The Morgan fingerprint density at radius 2 is 1.59 bits per heavy atom. The van der Waals surface area contributed by atoms with Crippen LogP contribution in [-0.2, 0) is 4.79 Å². The first-order valence-corrected chi connectivity index (χ1v) is 9.47. The third-order valence-electron chi connectivity index (χ3n) is 3.69. The molecule has 0 bridgehead atoms.